The maximum Gasteiger partial charge on any atom is 0.122 e. The van der Waals surface area contributed by atoms with Crippen molar-refractivity contribution in [2.24, 2.45) is 5.92 Å². The van der Waals surface area contributed by atoms with E-state index in [2.05, 4.69) is 12.2 Å². The van der Waals surface area contributed by atoms with Gasteiger partial charge in [0.15, 0.2) is 0 Å². The molecule has 3 heteroatoms. The molecule has 0 aromatic heterocycles. The second-order valence-electron chi connectivity index (χ2n) is 5.53. The molecule has 0 amide bonds. The van der Waals surface area contributed by atoms with E-state index in [1.54, 1.807) is 0 Å². The Labute approximate surface area is 116 Å². The van der Waals surface area contributed by atoms with Crippen LogP contribution >= 0.6 is 0 Å². The van der Waals surface area contributed by atoms with E-state index < -0.39 is 6.10 Å². The predicted octanol–water partition coefficient (Wildman–Crippen LogP) is 2.51. The molecule has 0 aliphatic heterocycles. The maximum atomic E-state index is 9.91. The minimum absolute atomic E-state index is 0.350. The topological polar surface area (TPSA) is 41.5 Å². The standard InChI is InChI=1S/C16H25NO2/c1-3-6-13-9-15(13)17-10-14(18)11-19-16-8-5-4-7-12(16)2/h4-5,7-8,13-15,17-18H,3,6,9-11H2,1-2H3. The number of rotatable bonds is 8. The smallest absolute Gasteiger partial charge is 0.122 e. The Morgan fingerprint density at radius 2 is 2.21 bits per heavy atom. The molecule has 1 aromatic rings. The molecule has 0 heterocycles. The van der Waals surface area contributed by atoms with Crippen molar-refractivity contribution in [1.82, 2.24) is 5.32 Å². The van der Waals surface area contributed by atoms with Crippen molar-refractivity contribution in [3.05, 3.63) is 29.8 Å². The number of benzene rings is 1. The van der Waals surface area contributed by atoms with Crippen molar-refractivity contribution < 1.29 is 9.84 Å². The zero-order chi connectivity index (χ0) is 13.7. The lowest BCUT2D eigenvalue weighted by Gasteiger charge is -2.14. The van der Waals surface area contributed by atoms with Gasteiger partial charge in [0.05, 0.1) is 0 Å². The number of para-hydroxylation sites is 1. The molecule has 2 rings (SSSR count). The molecule has 1 aromatic carbocycles. The van der Waals surface area contributed by atoms with Crippen LogP contribution in [-0.4, -0.2) is 30.4 Å². The van der Waals surface area contributed by atoms with Gasteiger partial charge < -0.3 is 15.2 Å². The van der Waals surface area contributed by atoms with Crippen LogP contribution in [0.15, 0.2) is 24.3 Å². The van der Waals surface area contributed by atoms with Gasteiger partial charge in [0.2, 0.25) is 0 Å². The molecule has 1 aliphatic rings. The second kappa shape index (κ2) is 6.92. The molecular weight excluding hydrogens is 238 g/mol. The Bertz CT molecular complexity index is 394. The van der Waals surface area contributed by atoms with Crippen LogP contribution in [0.5, 0.6) is 5.75 Å². The van der Waals surface area contributed by atoms with Gasteiger partial charge in [-0.2, -0.15) is 0 Å². The molecule has 0 bridgehead atoms. The molecule has 0 radical (unpaired) electrons. The van der Waals surface area contributed by atoms with E-state index >= 15 is 0 Å². The van der Waals surface area contributed by atoms with Crippen LogP contribution in [0.2, 0.25) is 0 Å². The molecule has 1 aliphatic carbocycles. The van der Waals surface area contributed by atoms with E-state index in [0.717, 1.165) is 17.2 Å². The number of nitrogens with one attached hydrogen (secondary N) is 1. The summed E-state index contributed by atoms with van der Waals surface area (Å²) in [6.45, 7) is 5.21. The summed E-state index contributed by atoms with van der Waals surface area (Å²) in [5.41, 5.74) is 1.10. The van der Waals surface area contributed by atoms with Crippen LogP contribution < -0.4 is 10.1 Å². The summed E-state index contributed by atoms with van der Waals surface area (Å²) in [5.74, 6) is 1.69. The van der Waals surface area contributed by atoms with Crippen LogP contribution in [0.25, 0.3) is 0 Å². The van der Waals surface area contributed by atoms with Gasteiger partial charge in [0.25, 0.3) is 0 Å². The normalized spacial score (nSPS) is 23.1. The molecule has 1 saturated carbocycles. The SMILES string of the molecule is CCCC1CC1NCC(O)COc1ccccc1C. The van der Waals surface area contributed by atoms with Gasteiger partial charge in [0.1, 0.15) is 18.5 Å². The Morgan fingerprint density at radius 1 is 1.42 bits per heavy atom. The van der Waals surface area contributed by atoms with Crippen LogP contribution in [-0.2, 0) is 0 Å². The van der Waals surface area contributed by atoms with Crippen molar-refractivity contribution in [3.63, 3.8) is 0 Å². The van der Waals surface area contributed by atoms with Gasteiger partial charge in [-0.25, -0.2) is 0 Å². The Kier molecular flexibility index (Phi) is 5.23. The Balaban J connectivity index is 1.63. The fourth-order valence-electron chi connectivity index (χ4n) is 2.44. The lowest BCUT2D eigenvalue weighted by molar-refractivity contribution is 0.105. The highest BCUT2D eigenvalue weighted by Crippen LogP contribution is 2.34. The molecule has 0 spiro atoms. The summed E-state index contributed by atoms with van der Waals surface area (Å²) in [4.78, 5) is 0. The van der Waals surface area contributed by atoms with Gasteiger partial charge >= 0.3 is 0 Å². The largest absolute Gasteiger partial charge is 0.491 e. The molecule has 3 unspecified atom stereocenters. The van der Waals surface area contributed by atoms with Crippen molar-refractivity contribution in [2.75, 3.05) is 13.2 Å². The summed E-state index contributed by atoms with van der Waals surface area (Å²) < 4.78 is 5.64. The van der Waals surface area contributed by atoms with E-state index in [9.17, 15) is 5.11 Å². The molecule has 1 fully saturated rings. The van der Waals surface area contributed by atoms with Crippen LogP contribution in [0.4, 0.5) is 0 Å². The number of aryl methyl sites for hydroxylation is 1. The molecule has 19 heavy (non-hydrogen) atoms. The van der Waals surface area contributed by atoms with E-state index in [1.807, 2.05) is 31.2 Å². The fourth-order valence-corrected chi connectivity index (χ4v) is 2.44. The maximum absolute atomic E-state index is 9.91. The van der Waals surface area contributed by atoms with Gasteiger partial charge in [-0.1, -0.05) is 31.5 Å². The zero-order valence-corrected chi connectivity index (χ0v) is 11.9. The van der Waals surface area contributed by atoms with Crippen LogP contribution in [0.1, 0.15) is 31.7 Å². The lowest BCUT2D eigenvalue weighted by Crippen LogP contribution is -2.33. The third-order valence-electron chi connectivity index (χ3n) is 3.72. The number of aliphatic hydroxyl groups is 1. The van der Waals surface area contributed by atoms with E-state index in [-0.39, 0.29) is 0 Å². The summed E-state index contributed by atoms with van der Waals surface area (Å²) in [6, 6.07) is 8.51. The molecule has 3 nitrogen and oxygen atoms in total. The van der Waals surface area contributed by atoms with E-state index in [0.29, 0.717) is 19.2 Å². The first-order valence-corrected chi connectivity index (χ1v) is 7.30. The van der Waals surface area contributed by atoms with Crippen molar-refractivity contribution in [2.45, 2.75) is 45.3 Å². The number of hydrogen-bond donors (Lipinski definition) is 2. The average molecular weight is 263 g/mol. The number of aliphatic hydroxyl groups excluding tert-OH is 1. The summed E-state index contributed by atoms with van der Waals surface area (Å²) >= 11 is 0. The minimum Gasteiger partial charge on any atom is -0.491 e. The fraction of sp³-hybridized carbons (Fsp3) is 0.625. The average Bonchev–Trinajstić information content (AvgIpc) is 3.14. The van der Waals surface area contributed by atoms with Gasteiger partial charge in [-0.3, -0.25) is 0 Å². The Hall–Kier alpha value is -1.06. The van der Waals surface area contributed by atoms with Gasteiger partial charge in [-0.15, -0.1) is 0 Å². The highest BCUT2D eigenvalue weighted by atomic mass is 16.5. The highest BCUT2D eigenvalue weighted by Gasteiger charge is 2.35. The molecule has 3 atom stereocenters. The number of hydrogen-bond acceptors (Lipinski definition) is 3. The first kappa shape index (κ1) is 14.4. The van der Waals surface area contributed by atoms with Crippen molar-refractivity contribution >= 4 is 0 Å². The zero-order valence-electron chi connectivity index (χ0n) is 11.9. The third-order valence-corrected chi connectivity index (χ3v) is 3.72. The summed E-state index contributed by atoms with van der Waals surface area (Å²) in [6.07, 6.45) is 3.37. The first-order chi connectivity index (χ1) is 9.20. The van der Waals surface area contributed by atoms with Crippen LogP contribution in [0, 0.1) is 12.8 Å². The predicted molar refractivity (Wildman–Crippen MR) is 77.5 cm³/mol. The van der Waals surface area contributed by atoms with Gasteiger partial charge in [0, 0.05) is 12.6 Å². The minimum atomic E-state index is -0.442. The third kappa shape index (κ3) is 4.51. The number of ether oxygens (including phenoxy) is 1. The first-order valence-electron chi connectivity index (χ1n) is 7.30. The highest BCUT2D eigenvalue weighted by molar-refractivity contribution is 5.31. The van der Waals surface area contributed by atoms with Gasteiger partial charge in [-0.05, 0) is 37.3 Å². The van der Waals surface area contributed by atoms with Crippen LogP contribution in [0.3, 0.4) is 0 Å². The van der Waals surface area contributed by atoms with E-state index in [4.69, 9.17) is 4.74 Å². The summed E-state index contributed by atoms with van der Waals surface area (Å²) in [7, 11) is 0. The van der Waals surface area contributed by atoms with E-state index in [1.165, 1.54) is 19.3 Å². The van der Waals surface area contributed by atoms with Crippen molar-refractivity contribution in [3.8, 4) is 5.75 Å². The summed E-state index contributed by atoms with van der Waals surface area (Å²) in [5, 5.41) is 13.3. The molecule has 0 saturated heterocycles. The monoisotopic (exact) mass is 263 g/mol. The molecule has 2 N–H and O–H groups in total. The van der Waals surface area contributed by atoms with Crippen molar-refractivity contribution in [1.29, 1.82) is 0 Å². The lowest BCUT2D eigenvalue weighted by atomic mass is 10.2. The Morgan fingerprint density at radius 3 is 2.95 bits per heavy atom. The molecule has 106 valence electrons. The molecular formula is C16H25NO2. The quantitative estimate of drug-likeness (QED) is 0.757. The second-order valence-corrected chi connectivity index (χ2v) is 5.53.